The minimum Gasteiger partial charge on any atom is -0.496 e. The molecule has 2 N–H and O–H groups in total. The molecular weight excluding hydrogens is 290 g/mol. The standard InChI is InChI=1S/C15H23NO4S/c1-11-5-6-15(19-2)13(8-11)14(16)10-21(17,18)9-12-4-3-7-20-12/h5-6,8,12,14H,3-4,7,9-10,16H2,1-2H3. The zero-order valence-electron chi connectivity index (χ0n) is 12.5. The smallest absolute Gasteiger partial charge is 0.154 e. The van der Waals surface area contributed by atoms with Gasteiger partial charge in [0.1, 0.15) is 5.75 Å². The molecule has 0 radical (unpaired) electrons. The number of benzene rings is 1. The van der Waals surface area contributed by atoms with Crippen molar-refractivity contribution in [3.63, 3.8) is 0 Å². The van der Waals surface area contributed by atoms with Gasteiger partial charge >= 0.3 is 0 Å². The van der Waals surface area contributed by atoms with Crippen LogP contribution in [-0.2, 0) is 14.6 Å². The van der Waals surface area contributed by atoms with Crippen LogP contribution >= 0.6 is 0 Å². The molecule has 21 heavy (non-hydrogen) atoms. The molecule has 0 aromatic heterocycles. The number of ether oxygens (including phenoxy) is 2. The van der Waals surface area contributed by atoms with Crippen LogP contribution in [-0.4, -0.2) is 39.7 Å². The summed E-state index contributed by atoms with van der Waals surface area (Å²) >= 11 is 0. The number of aryl methyl sites for hydroxylation is 1. The average Bonchev–Trinajstić information content (AvgIpc) is 2.90. The van der Waals surface area contributed by atoms with Crippen LogP contribution in [0, 0.1) is 6.92 Å². The quantitative estimate of drug-likeness (QED) is 0.863. The Kier molecular flexibility index (Phi) is 5.24. The third-order valence-corrected chi connectivity index (χ3v) is 5.43. The van der Waals surface area contributed by atoms with Crippen LogP contribution in [0.2, 0.25) is 0 Å². The lowest BCUT2D eigenvalue weighted by Crippen LogP contribution is -2.28. The van der Waals surface area contributed by atoms with Crippen LogP contribution in [0.5, 0.6) is 5.75 Å². The molecule has 5 nitrogen and oxygen atoms in total. The predicted octanol–water partition coefficient (Wildman–Crippen LogP) is 1.60. The summed E-state index contributed by atoms with van der Waals surface area (Å²) in [6.07, 6.45) is 1.56. The van der Waals surface area contributed by atoms with Gasteiger partial charge in [-0.3, -0.25) is 0 Å². The molecule has 2 atom stereocenters. The summed E-state index contributed by atoms with van der Waals surface area (Å²) in [6.45, 7) is 2.59. The van der Waals surface area contributed by atoms with Crippen molar-refractivity contribution in [2.24, 2.45) is 5.73 Å². The second-order valence-corrected chi connectivity index (χ2v) is 7.72. The van der Waals surface area contributed by atoms with Gasteiger partial charge in [0.25, 0.3) is 0 Å². The van der Waals surface area contributed by atoms with Gasteiger partial charge in [0, 0.05) is 18.2 Å². The monoisotopic (exact) mass is 313 g/mol. The number of hydrogen-bond acceptors (Lipinski definition) is 5. The van der Waals surface area contributed by atoms with Gasteiger partial charge < -0.3 is 15.2 Å². The molecule has 0 spiro atoms. The van der Waals surface area contributed by atoms with E-state index in [4.69, 9.17) is 15.2 Å². The molecule has 118 valence electrons. The Bertz CT molecular complexity index is 579. The SMILES string of the molecule is COc1ccc(C)cc1C(N)CS(=O)(=O)CC1CCCO1. The van der Waals surface area contributed by atoms with Crippen molar-refractivity contribution in [2.75, 3.05) is 25.2 Å². The van der Waals surface area contributed by atoms with Crippen LogP contribution in [0.1, 0.15) is 30.0 Å². The van der Waals surface area contributed by atoms with Crippen LogP contribution < -0.4 is 10.5 Å². The van der Waals surface area contributed by atoms with E-state index in [2.05, 4.69) is 0 Å². The van der Waals surface area contributed by atoms with Crippen LogP contribution in [0.4, 0.5) is 0 Å². The molecule has 0 bridgehead atoms. The molecule has 1 aliphatic rings. The van der Waals surface area contributed by atoms with E-state index in [-0.39, 0.29) is 17.6 Å². The zero-order chi connectivity index (χ0) is 15.5. The molecule has 0 aliphatic carbocycles. The maximum atomic E-state index is 12.3. The van der Waals surface area contributed by atoms with Crippen LogP contribution in [0.25, 0.3) is 0 Å². The molecule has 0 amide bonds. The highest BCUT2D eigenvalue weighted by molar-refractivity contribution is 7.91. The molecule has 2 rings (SSSR count). The number of rotatable bonds is 6. The van der Waals surface area contributed by atoms with Crippen molar-refractivity contribution in [2.45, 2.75) is 31.9 Å². The largest absolute Gasteiger partial charge is 0.496 e. The minimum absolute atomic E-state index is 0.0504. The third kappa shape index (κ3) is 4.43. The lowest BCUT2D eigenvalue weighted by atomic mass is 10.1. The first-order valence-electron chi connectivity index (χ1n) is 7.13. The van der Waals surface area contributed by atoms with Gasteiger partial charge in [-0.2, -0.15) is 0 Å². The maximum Gasteiger partial charge on any atom is 0.154 e. The van der Waals surface area contributed by atoms with Crippen LogP contribution in [0.3, 0.4) is 0 Å². The number of hydrogen-bond donors (Lipinski definition) is 1. The van der Waals surface area contributed by atoms with Gasteiger partial charge in [-0.1, -0.05) is 17.7 Å². The summed E-state index contributed by atoms with van der Waals surface area (Å²) in [7, 11) is -1.70. The van der Waals surface area contributed by atoms with E-state index in [0.29, 0.717) is 12.4 Å². The molecule has 1 heterocycles. The number of nitrogens with two attached hydrogens (primary N) is 1. The summed E-state index contributed by atoms with van der Waals surface area (Å²) in [5.74, 6) is 0.585. The predicted molar refractivity (Wildman–Crippen MR) is 82.3 cm³/mol. The van der Waals surface area contributed by atoms with Gasteiger partial charge in [0.05, 0.1) is 24.7 Å². The maximum absolute atomic E-state index is 12.3. The van der Waals surface area contributed by atoms with Crippen molar-refractivity contribution in [1.29, 1.82) is 0 Å². The van der Waals surface area contributed by atoms with Gasteiger partial charge in [-0.15, -0.1) is 0 Å². The van der Waals surface area contributed by atoms with Gasteiger partial charge in [0.15, 0.2) is 9.84 Å². The molecule has 1 fully saturated rings. The number of methoxy groups -OCH3 is 1. The molecule has 6 heteroatoms. The van der Waals surface area contributed by atoms with Crippen molar-refractivity contribution < 1.29 is 17.9 Å². The van der Waals surface area contributed by atoms with Crippen molar-refractivity contribution in [1.82, 2.24) is 0 Å². The van der Waals surface area contributed by atoms with Crippen molar-refractivity contribution in [3.8, 4) is 5.75 Å². The number of sulfone groups is 1. The van der Waals surface area contributed by atoms with Gasteiger partial charge in [-0.05, 0) is 25.8 Å². The fourth-order valence-corrected chi connectivity index (χ4v) is 4.33. The Morgan fingerprint density at radius 3 is 2.86 bits per heavy atom. The first-order valence-corrected chi connectivity index (χ1v) is 8.95. The Labute approximate surface area is 126 Å². The fraction of sp³-hybridized carbons (Fsp3) is 0.600. The molecule has 1 aliphatic heterocycles. The Balaban J connectivity index is 2.09. The Hall–Kier alpha value is -1.11. The highest BCUT2D eigenvalue weighted by Gasteiger charge is 2.26. The Morgan fingerprint density at radius 2 is 2.24 bits per heavy atom. The van der Waals surface area contributed by atoms with E-state index in [1.165, 1.54) is 0 Å². The van der Waals surface area contributed by atoms with Crippen LogP contribution in [0.15, 0.2) is 18.2 Å². The van der Waals surface area contributed by atoms with E-state index in [1.54, 1.807) is 7.11 Å². The molecular formula is C15H23NO4S. The lowest BCUT2D eigenvalue weighted by Gasteiger charge is -2.18. The van der Waals surface area contributed by atoms with E-state index in [9.17, 15) is 8.42 Å². The van der Waals surface area contributed by atoms with Gasteiger partial charge in [-0.25, -0.2) is 8.42 Å². The topological polar surface area (TPSA) is 78.6 Å². The minimum atomic E-state index is -3.26. The molecule has 1 aromatic carbocycles. The van der Waals surface area contributed by atoms with E-state index in [1.807, 2.05) is 25.1 Å². The molecule has 0 saturated carbocycles. The Morgan fingerprint density at radius 1 is 1.48 bits per heavy atom. The van der Waals surface area contributed by atoms with Gasteiger partial charge in [0.2, 0.25) is 0 Å². The third-order valence-electron chi connectivity index (χ3n) is 3.68. The highest BCUT2D eigenvalue weighted by atomic mass is 32.2. The molecule has 1 aromatic rings. The van der Waals surface area contributed by atoms with E-state index < -0.39 is 15.9 Å². The summed E-state index contributed by atoms with van der Waals surface area (Å²) < 4.78 is 35.2. The normalized spacial score (nSPS) is 20.4. The summed E-state index contributed by atoms with van der Waals surface area (Å²) in [6, 6.07) is 5.02. The fourth-order valence-electron chi connectivity index (χ4n) is 2.63. The van der Waals surface area contributed by atoms with Crippen molar-refractivity contribution >= 4 is 9.84 Å². The lowest BCUT2D eigenvalue weighted by molar-refractivity contribution is 0.127. The van der Waals surface area contributed by atoms with Crippen molar-refractivity contribution in [3.05, 3.63) is 29.3 Å². The first-order chi connectivity index (χ1) is 9.91. The summed E-state index contributed by atoms with van der Waals surface area (Å²) in [4.78, 5) is 0. The zero-order valence-corrected chi connectivity index (χ0v) is 13.4. The second-order valence-electron chi connectivity index (χ2n) is 5.56. The van der Waals surface area contributed by atoms with E-state index >= 15 is 0 Å². The first kappa shape index (κ1) is 16.3. The summed E-state index contributed by atoms with van der Waals surface area (Å²) in [5, 5.41) is 0. The highest BCUT2D eigenvalue weighted by Crippen LogP contribution is 2.26. The van der Waals surface area contributed by atoms with E-state index in [0.717, 1.165) is 24.0 Å². The molecule has 2 unspecified atom stereocenters. The molecule has 1 saturated heterocycles. The summed E-state index contributed by atoms with van der Waals surface area (Å²) in [5.41, 5.74) is 7.86. The second kappa shape index (κ2) is 6.77. The average molecular weight is 313 g/mol.